The lowest BCUT2D eigenvalue weighted by Gasteiger charge is -2.13. The Kier molecular flexibility index (Phi) is 8.32. The Morgan fingerprint density at radius 1 is 0.875 bits per heavy atom. The average molecular weight is 432 g/mol. The predicted molar refractivity (Wildman–Crippen MR) is 129 cm³/mol. The number of amides is 1. The quantitative estimate of drug-likeness (QED) is 0.325. The van der Waals surface area contributed by atoms with Crippen molar-refractivity contribution >= 4 is 17.7 Å². The first-order valence-electron chi connectivity index (χ1n) is 10.7. The smallest absolute Gasteiger partial charge is 0.248 e. The minimum absolute atomic E-state index is 0.185. The van der Waals surface area contributed by atoms with Gasteiger partial charge in [-0.05, 0) is 73.9 Å². The maximum Gasteiger partial charge on any atom is 0.248 e. The topological polar surface area (TPSA) is 56.8 Å². The summed E-state index contributed by atoms with van der Waals surface area (Å²) in [6.07, 6.45) is 3.27. The summed E-state index contributed by atoms with van der Waals surface area (Å²) in [5.74, 6) is 1.89. The Labute approximate surface area is 189 Å². The van der Waals surface area contributed by atoms with Crippen LogP contribution in [-0.2, 0) is 4.79 Å². The van der Waals surface area contributed by atoms with Crippen molar-refractivity contribution in [3.05, 3.63) is 89.5 Å². The number of ether oxygens (including phenoxy) is 3. The highest BCUT2D eigenvalue weighted by Crippen LogP contribution is 2.29. The Morgan fingerprint density at radius 3 is 2.44 bits per heavy atom. The fourth-order valence-electron chi connectivity index (χ4n) is 3.06. The Balaban J connectivity index is 1.59. The van der Waals surface area contributed by atoms with Crippen LogP contribution in [0.5, 0.6) is 17.2 Å². The molecule has 0 aliphatic carbocycles. The maximum atomic E-state index is 12.4. The van der Waals surface area contributed by atoms with Crippen LogP contribution in [0.3, 0.4) is 0 Å². The summed E-state index contributed by atoms with van der Waals surface area (Å²) < 4.78 is 17.2. The first-order chi connectivity index (χ1) is 15.5. The zero-order valence-corrected chi connectivity index (χ0v) is 18.8. The van der Waals surface area contributed by atoms with Crippen molar-refractivity contribution in [2.45, 2.75) is 20.8 Å². The molecule has 32 heavy (non-hydrogen) atoms. The predicted octanol–water partition coefficient (Wildman–Crippen LogP) is 5.81. The van der Waals surface area contributed by atoms with Gasteiger partial charge in [0.05, 0.1) is 6.61 Å². The van der Waals surface area contributed by atoms with E-state index in [2.05, 4.69) is 5.32 Å². The minimum atomic E-state index is -0.185. The highest BCUT2D eigenvalue weighted by atomic mass is 16.5. The number of benzene rings is 3. The average Bonchev–Trinajstić information content (AvgIpc) is 2.79. The second-order valence-electron chi connectivity index (χ2n) is 7.29. The third-order valence-electron chi connectivity index (χ3n) is 4.70. The van der Waals surface area contributed by atoms with E-state index in [9.17, 15) is 4.79 Å². The van der Waals surface area contributed by atoms with Crippen molar-refractivity contribution in [2.75, 3.05) is 25.1 Å². The van der Waals surface area contributed by atoms with Gasteiger partial charge in [0.15, 0.2) is 11.5 Å². The molecule has 0 radical (unpaired) electrons. The molecule has 0 saturated carbocycles. The summed E-state index contributed by atoms with van der Waals surface area (Å²) in [5, 5.41) is 2.92. The van der Waals surface area contributed by atoms with Crippen LogP contribution in [0.2, 0.25) is 0 Å². The zero-order valence-electron chi connectivity index (χ0n) is 18.8. The number of hydrogen-bond acceptors (Lipinski definition) is 4. The van der Waals surface area contributed by atoms with E-state index < -0.39 is 0 Å². The molecule has 0 aliphatic heterocycles. The maximum absolute atomic E-state index is 12.4. The molecule has 5 heteroatoms. The molecule has 3 rings (SSSR count). The molecular formula is C27H29NO4. The van der Waals surface area contributed by atoms with Crippen molar-refractivity contribution in [3.8, 4) is 17.2 Å². The lowest BCUT2D eigenvalue weighted by molar-refractivity contribution is -0.111. The first kappa shape index (κ1) is 22.9. The molecule has 0 atom stereocenters. The number of para-hydroxylation sites is 1. The largest absolute Gasteiger partial charge is 0.490 e. The van der Waals surface area contributed by atoms with Gasteiger partial charge >= 0.3 is 0 Å². The number of anilines is 1. The van der Waals surface area contributed by atoms with Gasteiger partial charge in [0, 0.05) is 11.8 Å². The van der Waals surface area contributed by atoms with Crippen LogP contribution in [0.4, 0.5) is 5.69 Å². The van der Waals surface area contributed by atoms with Gasteiger partial charge in [-0.15, -0.1) is 0 Å². The molecular weight excluding hydrogens is 402 g/mol. The van der Waals surface area contributed by atoms with Crippen molar-refractivity contribution in [1.82, 2.24) is 0 Å². The van der Waals surface area contributed by atoms with Gasteiger partial charge in [-0.25, -0.2) is 0 Å². The van der Waals surface area contributed by atoms with Crippen LogP contribution in [0.15, 0.2) is 72.8 Å². The molecule has 3 aromatic carbocycles. The molecule has 0 bridgehead atoms. The van der Waals surface area contributed by atoms with Crippen molar-refractivity contribution in [1.29, 1.82) is 0 Å². The third kappa shape index (κ3) is 6.91. The highest BCUT2D eigenvalue weighted by molar-refractivity contribution is 6.02. The molecule has 0 aliphatic rings. The molecule has 3 aromatic rings. The summed E-state index contributed by atoms with van der Waals surface area (Å²) in [6, 6.07) is 21.2. The van der Waals surface area contributed by atoms with Crippen LogP contribution in [0, 0.1) is 13.8 Å². The van der Waals surface area contributed by atoms with Gasteiger partial charge in [0.1, 0.15) is 19.0 Å². The van der Waals surface area contributed by atoms with Gasteiger partial charge in [-0.1, -0.05) is 36.4 Å². The summed E-state index contributed by atoms with van der Waals surface area (Å²) in [7, 11) is 0. The lowest BCUT2D eigenvalue weighted by Crippen LogP contribution is -2.10. The van der Waals surface area contributed by atoms with E-state index in [0.29, 0.717) is 31.3 Å². The number of carbonyl (C=O) groups is 1. The van der Waals surface area contributed by atoms with E-state index in [1.807, 2.05) is 87.5 Å². The number of aryl methyl sites for hydroxylation is 2. The summed E-state index contributed by atoms with van der Waals surface area (Å²) in [4.78, 5) is 12.4. The molecule has 1 amide bonds. The van der Waals surface area contributed by atoms with E-state index in [-0.39, 0.29) is 5.91 Å². The van der Waals surface area contributed by atoms with Crippen molar-refractivity contribution in [3.63, 3.8) is 0 Å². The Morgan fingerprint density at radius 2 is 1.66 bits per heavy atom. The van der Waals surface area contributed by atoms with Gasteiger partial charge in [0.2, 0.25) is 5.91 Å². The monoisotopic (exact) mass is 431 g/mol. The first-order valence-corrected chi connectivity index (χ1v) is 10.7. The summed E-state index contributed by atoms with van der Waals surface area (Å²) in [5.41, 5.74) is 3.78. The second kappa shape index (κ2) is 11.6. The second-order valence-corrected chi connectivity index (χ2v) is 7.29. The number of hydrogen-bond donors (Lipinski definition) is 1. The van der Waals surface area contributed by atoms with Gasteiger partial charge in [-0.3, -0.25) is 4.79 Å². The van der Waals surface area contributed by atoms with Crippen LogP contribution >= 0.6 is 0 Å². The van der Waals surface area contributed by atoms with Crippen LogP contribution < -0.4 is 19.5 Å². The zero-order chi connectivity index (χ0) is 22.8. The number of carbonyl (C=O) groups excluding carboxylic acids is 1. The van der Waals surface area contributed by atoms with Crippen molar-refractivity contribution < 1.29 is 19.0 Å². The van der Waals surface area contributed by atoms with Crippen molar-refractivity contribution in [2.24, 2.45) is 0 Å². The van der Waals surface area contributed by atoms with Crippen LogP contribution in [-0.4, -0.2) is 25.7 Å². The fraction of sp³-hybridized carbons (Fsp3) is 0.222. The van der Waals surface area contributed by atoms with E-state index >= 15 is 0 Å². The normalized spacial score (nSPS) is 10.7. The molecule has 0 unspecified atom stereocenters. The van der Waals surface area contributed by atoms with E-state index in [4.69, 9.17) is 14.2 Å². The van der Waals surface area contributed by atoms with E-state index in [1.54, 1.807) is 6.08 Å². The van der Waals surface area contributed by atoms with Gasteiger partial charge in [-0.2, -0.15) is 0 Å². The van der Waals surface area contributed by atoms with Crippen LogP contribution in [0.1, 0.15) is 23.6 Å². The molecule has 0 spiro atoms. The fourth-order valence-corrected chi connectivity index (χ4v) is 3.06. The third-order valence-corrected chi connectivity index (χ3v) is 4.70. The highest BCUT2D eigenvalue weighted by Gasteiger charge is 2.07. The van der Waals surface area contributed by atoms with Gasteiger partial charge < -0.3 is 19.5 Å². The lowest BCUT2D eigenvalue weighted by atomic mass is 10.1. The van der Waals surface area contributed by atoms with E-state index in [1.165, 1.54) is 6.08 Å². The Bertz CT molecular complexity index is 1060. The molecule has 166 valence electrons. The standard InChI is InChI=1S/C27H29NO4/c1-4-30-26-19-22(13-15-27(29)28-24-18-20(2)10-11-21(24)3)12-14-25(26)32-17-16-31-23-8-6-5-7-9-23/h5-15,18-19H,4,16-17H2,1-3H3,(H,28,29)/b15-13+. The molecule has 0 fully saturated rings. The number of nitrogens with one attached hydrogen (secondary N) is 1. The summed E-state index contributed by atoms with van der Waals surface area (Å²) >= 11 is 0. The van der Waals surface area contributed by atoms with E-state index in [0.717, 1.165) is 28.1 Å². The number of rotatable bonds is 10. The molecule has 0 heterocycles. The molecule has 5 nitrogen and oxygen atoms in total. The van der Waals surface area contributed by atoms with Crippen LogP contribution in [0.25, 0.3) is 6.08 Å². The summed E-state index contributed by atoms with van der Waals surface area (Å²) in [6.45, 7) is 7.21. The molecule has 1 N–H and O–H groups in total. The van der Waals surface area contributed by atoms with Gasteiger partial charge in [0.25, 0.3) is 0 Å². The minimum Gasteiger partial charge on any atom is -0.490 e. The SMILES string of the molecule is CCOc1cc(/C=C/C(=O)Nc2cc(C)ccc2C)ccc1OCCOc1ccccc1. The molecule has 0 aromatic heterocycles. The Hall–Kier alpha value is -3.73. The molecule has 0 saturated heterocycles.